The molecular weight excluding hydrogens is 700 g/mol. The Morgan fingerprint density at radius 1 is 0.564 bits per heavy atom. The number of carbonyl (C=O) groups excluding carboxylic acids is 2. The van der Waals surface area contributed by atoms with Crippen molar-refractivity contribution in [3.8, 4) is 0 Å². The smallest absolute Gasteiger partial charge is 0.306 e. The van der Waals surface area contributed by atoms with E-state index >= 15 is 0 Å². The highest BCUT2D eigenvalue weighted by molar-refractivity contribution is 5.70. The lowest BCUT2D eigenvalue weighted by molar-refractivity contribution is -0.305. The fourth-order valence-corrected chi connectivity index (χ4v) is 5.06. The summed E-state index contributed by atoms with van der Waals surface area (Å²) < 4.78 is 21.9. The van der Waals surface area contributed by atoms with Gasteiger partial charge in [-0.15, -0.1) is 0 Å². The SMILES string of the molecule is CC/C=C\C/C=C\C/C=C\C/C=C\C/C=C\CCCC(=O)OC(COC(=O)CC/C=C\C/C=C\C/C=C\C/C=C\CC)COC1OC(CO)C(O)C(O)C1O. The summed E-state index contributed by atoms with van der Waals surface area (Å²) >= 11 is 0. The molecule has 1 aliphatic heterocycles. The van der Waals surface area contributed by atoms with Gasteiger partial charge in [-0.25, -0.2) is 0 Å². The second kappa shape index (κ2) is 34.8. The summed E-state index contributed by atoms with van der Waals surface area (Å²) in [6, 6.07) is 0. The van der Waals surface area contributed by atoms with Crippen LogP contribution in [0.1, 0.15) is 104 Å². The van der Waals surface area contributed by atoms with E-state index in [-0.39, 0.29) is 26.1 Å². The van der Waals surface area contributed by atoms with Crippen LogP contribution in [0.2, 0.25) is 0 Å². The van der Waals surface area contributed by atoms with E-state index in [0.29, 0.717) is 19.3 Å². The third kappa shape index (κ3) is 26.7. The van der Waals surface area contributed by atoms with Gasteiger partial charge in [-0.2, -0.15) is 0 Å². The van der Waals surface area contributed by atoms with Crippen LogP contribution in [-0.2, 0) is 28.5 Å². The van der Waals surface area contributed by atoms with Crippen molar-refractivity contribution in [2.24, 2.45) is 0 Å². The first-order chi connectivity index (χ1) is 26.8. The second-order valence-electron chi connectivity index (χ2n) is 13.0. The summed E-state index contributed by atoms with van der Waals surface area (Å²) in [4.78, 5) is 25.2. The highest BCUT2D eigenvalue weighted by atomic mass is 16.7. The van der Waals surface area contributed by atoms with Crippen molar-refractivity contribution in [1.82, 2.24) is 0 Å². The minimum atomic E-state index is -1.62. The van der Waals surface area contributed by atoms with Gasteiger partial charge in [0.25, 0.3) is 0 Å². The molecule has 4 N–H and O–H groups in total. The summed E-state index contributed by atoms with van der Waals surface area (Å²) in [5.41, 5.74) is 0. The van der Waals surface area contributed by atoms with E-state index < -0.39 is 55.4 Å². The molecule has 0 radical (unpaired) electrons. The molecule has 1 heterocycles. The molecule has 0 aromatic heterocycles. The molecule has 308 valence electrons. The molecule has 0 aromatic rings. The highest BCUT2D eigenvalue weighted by Crippen LogP contribution is 2.22. The van der Waals surface area contributed by atoms with Crippen molar-refractivity contribution in [1.29, 1.82) is 0 Å². The summed E-state index contributed by atoms with van der Waals surface area (Å²) in [7, 11) is 0. The van der Waals surface area contributed by atoms with Crippen molar-refractivity contribution in [2.45, 2.75) is 141 Å². The number of aliphatic hydroxyl groups is 4. The van der Waals surface area contributed by atoms with Crippen molar-refractivity contribution in [3.63, 3.8) is 0 Å². The minimum absolute atomic E-state index is 0.130. The van der Waals surface area contributed by atoms with Gasteiger partial charge in [-0.1, -0.05) is 123 Å². The van der Waals surface area contributed by atoms with Crippen LogP contribution in [0.4, 0.5) is 0 Å². The lowest BCUT2D eigenvalue weighted by Crippen LogP contribution is -2.59. The zero-order valence-electron chi connectivity index (χ0n) is 33.1. The minimum Gasteiger partial charge on any atom is -0.462 e. The Labute approximate surface area is 330 Å². The zero-order chi connectivity index (χ0) is 40.2. The quantitative estimate of drug-likeness (QED) is 0.0324. The maximum Gasteiger partial charge on any atom is 0.306 e. The van der Waals surface area contributed by atoms with Crippen LogP contribution >= 0.6 is 0 Å². The fourth-order valence-electron chi connectivity index (χ4n) is 5.06. The molecule has 0 saturated carbocycles. The van der Waals surface area contributed by atoms with Gasteiger partial charge >= 0.3 is 11.9 Å². The molecule has 0 aromatic carbocycles. The molecule has 10 heteroatoms. The largest absolute Gasteiger partial charge is 0.462 e. The molecule has 55 heavy (non-hydrogen) atoms. The number of ether oxygens (including phenoxy) is 4. The lowest BCUT2D eigenvalue weighted by Gasteiger charge is -2.39. The Kier molecular flexibility index (Phi) is 31.3. The molecule has 0 aliphatic carbocycles. The first kappa shape index (κ1) is 49.4. The van der Waals surface area contributed by atoms with Gasteiger partial charge in [0.05, 0.1) is 13.2 Å². The normalized spacial score (nSPS) is 21.7. The molecule has 1 fully saturated rings. The van der Waals surface area contributed by atoms with Crippen LogP contribution in [0, 0.1) is 0 Å². The van der Waals surface area contributed by atoms with Crippen molar-refractivity contribution < 1.29 is 49.0 Å². The average molecular weight is 769 g/mol. The third-order valence-corrected chi connectivity index (χ3v) is 8.17. The summed E-state index contributed by atoms with van der Waals surface area (Å²) in [5, 5.41) is 39.9. The van der Waals surface area contributed by atoms with Crippen molar-refractivity contribution in [2.75, 3.05) is 19.8 Å². The van der Waals surface area contributed by atoms with Crippen LogP contribution in [0.5, 0.6) is 0 Å². The Morgan fingerprint density at radius 2 is 1.02 bits per heavy atom. The van der Waals surface area contributed by atoms with E-state index in [1.165, 1.54) is 0 Å². The van der Waals surface area contributed by atoms with Crippen LogP contribution in [-0.4, -0.2) is 89.0 Å². The molecule has 0 amide bonds. The standard InChI is InChI=1S/C45H68O10/c1-3-5-7-9-11-13-15-17-18-19-20-22-24-26-28-30-32-34-41(48)54-38(37-53-45-44(51)43(50)42(49)39(35-46)55-45)36-52-40(47)33-31-29-27-25-23-21-16-14-12-10-8-6-4-2/h5-8,11-14,17-18,20-23,26-29,38-39,42-46,49-51H,3-4,9-10,15-16,19,24-25,30-37H2,1-2H3/b7-5-,8-6-,13-11-,14-12-,18-17-,22-20-,23-21-,28-26-,29-27-. The van der Waals surface area contributed by atoms with Gasteiger partial charge in [0.1, 0.15) is 31.0 Å². The van der Waals surface area contributed by atoms with Crippen LogP contribution in [0.15, 0.2) is 109 Å². The van der Waals surface area contributed by atoms with Crippen LogP contribution in [0.3, 0.4) is 0 Å². The predicted molar refractivity (Wildman–Crippen MR) is 219 cm³/mol. The molecule has 1 saturated heterocycles. The summed E-state index contributed by atoms with van der Waals surface area (Å²) in [6.45, 7) is 3.01. The fraction of sp³-hybridized carbons (Fsp3) is 0.556. The number of hydrogen-bond acceptors (Lipinski definition) is 10. The summed E-state index contributed by atoms with van der Waals surface area (Å²) in [6.07, 6.45) is 39.8. The molecule has 1 aliphatic rings. The van der Waals surface area contributed by atoms with Crippen LogP contribution < -0.4 is 0 Å². The van der Waals surface area contributed by atoms with E-state index in [0.717, 1.165) is 57.8 Å². The Hall–Kier alpha value is -3.64. The molecule has 1 rings (SSSR count). The van der Waals surface area contributed by atoms with Gasteiger partial charge in [-0.3, -0.25) is 9.59 Å². The maximum absolute atomic E-state index is 12.7. The first-order valence-electron chi connectivity index (χ1n) is 20.0. The topological polar surface area (TPSA) is 152 Å². The molecule has 6 atom stereocenters. The summed E-state index contributed by atoms with van der Waals surface area (Å²) in [5.74, 6) is -0.986. The molecule has 10 nitrogen and oxygen atoms in total. The molecular formula is C45H68O10. The number of unbranched alkanes of at least 4 members (excludes halogenated alkanes) is 1. The molecule has 0 bridgehead atoms. The predicted octanol–water partition coefficient (Wildman–Crippen LogP) is 7.76. The van der Waals surface area contributed by atoms with Gasteiger partial charge in [0.15, 0.2) is 12.4 Å². The van der Waals surface area contributed by atoms with E-state index in [1.807, 2.05) is 24.3 Å². The zero-order valence-corrected chi connectivity index (χ0v) is 33.1. The van der Waals surface area contributed by atoms with E-state index in [9.17, 15) is 30.0 Å². The first-order valence-corrected chi connectivity index (χ1v) is 20.0. The van der Waals surface area contributed by atoms with Gasteiger partial charge in [0.2, 0.25) is 0 Å². The van der Waals surface area contributed by atoms with Gasteiger partial charge in [0, 0.05) is 12.8 Å². The number of esters is 2. The Bertz CT molecular complexity index is 1260. The number of allylic oxidation sites excluding steroid dienone is 18. The van der Waals surface area contributed by atoms with Crippen molar-refractivity contribution in [3.05, 3.63) is 109 Å². The average Bonchev–Trinajstić information content (AvgIpc) is 3.18. The highest BCUT2D eigenvalue weighted by Gasteiger charge is 2.44. The lowest BCUT2D eigenvalue weighted by atomic mass is 9.99. The number of rotatable bonds is 30. The van der Waals surface area contributed by atoms with E-state index in [1.54, 1.807) is 0 Å². The number of aliphatic hydroxyl groups excluding tert-OH is 4. The van der Waals surface area contributed by atoms with Crippen LogP contribution in [0.25, 0.3) is 0 Å². The number of carbonyl (C=O) groups is 2. The monoisotopic (exact) mass is 768 g/mol. The Balaban J connectivity index is 2.49. The molecule has 0 spiro atoms. The Morgan fingerprint density at radius 3 is 1.49 bits per heavy atom. The van der Waals surface area contributed by atoms with E-state index in [4.69, 9.17) is 18.9 Å². The van der Waals surface area contributed by atoms with Gasteiger partial charge < -0.3 is 39.4 Å². The maximum atomic E-state index is 12.7. The second-order valence-corrected chi connectivity index (χ2v) is 13.0. The number of hydrogen-bond donors (Lipinski definition) is 4. The van der Waals surface area contributed by atoms with Crippen molar-refractivity contribution >= 4 is 11.9 Å². The molecule has 6 unspecified atom stereocenters. The van der Waals surface area contributed by atoms with Gasteiger partial charge in [-0.05, 0) is 77.0 Å². The van der Waals surface area contributed by atoms with E-state index in [2.05, 4.69) is 98.9 Å². The third-order valence-electron chi connectivity index (χ3n) is 8.17.